The molecule has 0 saturated heterocycles. The van der Waals surface area contributed by atoms with Gasteiger partial charge in [0.25, 0.3) is 0 Å². The van der Waals surface area contributed by atoms with Gasteiger partial charge in [0.15, 0.2) is 0 Å². The van der Waals surface area contributed by atoms with Crippen molar-refractivity contribution in [2.75, 3.05) is 14.1 Å². The van der Waals surface area contributed by atoms with Gasteiger partial charge in [-0.2, -0.15) is 13.2 Å². The fourth-order valence-electron chi connectivity index (χ4n) is 2.31. The Labute approximate surface area is 117 Å². The summed E-state index contributed by atoms with van der Waals surface area (Å²) in [7, 11) is 3.78. The third kappa shape index (κ3) is 3.31. The second kappa shape index (κ2) is 6.11. The average Bonchev–Trinajstić information content (AvgIpc) is 2.38. The molecule has 1 rings (SSSR count). The highest BCUT2D eigenvalue weighted by Crippen LogP contribution is 2.35. The quantitative estimate of drug-likeness (QED) is 0.647. The molecule has 6 heteroatoms. The number of benzene rings is 1. The van der Waals surface area contributed by atoms with Gasteiger partial charge in [-0.15, -0.1) is 0 Å². The van der Waals surface area contributed by atoms with Crippen LogP contribution in [0.15, 0.2) is 24.3 Å². The van der Waals surface area contributed by atoms with Gasteiger partial charge in [-0.25, -0.2) is 0 Å². The zero-order chi connectivity index (χ0) is 15.6. The maximum atomic E-state index is 12.8. The van der Waals surface area contributed by atoms with Crippen molar-refractivity contribution in [3.8, 4) is 0 Å². The summed E-state index contributed by atoms with van der Waals surface area (Å²) in [6.45, 7) is 3.95. The van der Waals surface area contributed by atoms with Crippen LogP contribution in [-0.4, -0.2) is 24.5 Å². The van der Waals surface area contributed by atoms with Crippen LogP contribution in [0.25, 0.3) is 0 Å². The van der Waals surface area contributed by atoms with Crippen LogP contribution in [0.5, 0.6) is 0 Å². The Bertz CT molecular complexity index is 446. The van der Waals surface area contributed by atoms with E-state index in [0.29, 0.717) is 5.56 Å². The number of halogens is 3. The third-order valence-corrected chi connectivity index (χ3v) is 4.07. The number of alkyl halides is 3. The molecule has 0 aliphatic rings. The standard InChI is InChI=1S/C14H22F3N3/c1-5-13(2,20(3)4)12(19-18)10-7-6-8-11(9-10)14(15,16)17/h6-9,12,19H,5,18H2,1-4H3. The van der Waals surface area contributed by atoms with Crippen molar-refractivity contribution in [2.24, 2.45) is 5.84 Å². The van der Waals surface area contributed by atoms with Crippen LogP contribution in [0, 0.1) is 0 Å². The molecular formula is C14H22F3N3. The summed E-state index contributed by atoms with van der Waals surface area (Å²) in [5, 5.41) is 0. The van der Waals surface area contributed by atoms with Gasteiger partial charge < -0.3 is 4.90 Å². The lowest BCUT2D eigenvalue weighted by molar-refractivity contribution is -0.137. The summed E-state index contributed by atoms with van der Waals surface area (Å²) in [5.74, 6) is 5.61. The first-order chi connectivity index (χ1) is 9.16. The number of likely N-dealkylation sites (N-methyl/N-ethyl adjacent to an activating group) is 1. The van der Waals surface area contributed by atoms with Crippen molar-refractivity contribution in [1.29, 1.82) is 0 Å². The zero-order valence-corrected chi connectivity index (χ0v) is 12.3. The fraction of sp³-hybridized carbons (Fsp3) is 0.571. The molecule has 2 unspecified atom stereocenters. The van der Waals surface area contributed by atoms with Crippen molar-refractivity contribution in [1.82, 2.24) is 10.3 Å². The molecule has 0 aliphatic heterocycles. The van der Waals surface area contributed by atoms with E-state index in [9.17, 15) is 13.2 Å². The van der Waals surface area contributed by atoms with E-state index in [0.717, 1.165) is 18.6 Å². The number of hydrazine groups is 1. The average molecular weight is 289 g/mol. The molecule has 114 valence electrons. The Morgan fingerprint density at radius 1 is 1.30 bits per heavy atom. The highest BCUT2D eigenvalue weighted by atomic mass is 19.4. The second-order valence-corrected chi connectivity index (χ2v) is 5.33. The van der Waals surface area contributed by atoms with Crippen LogP contribution in [0.2, 0.25) is 0 Å². The maximum absolute atomic E-state index is 12.8. The lowest BCUT2D eigenvalue weighted by Gasteiger charge is -2.42. The smallest absolute Gasteiger partial charge is 0.302 e. The highest BCUT2D eigenvalue weighted by Gasteiger charge is 2.37. The number of hydrogen-bond acceptors (Lipinski definition) is 3. The van der Waals surface area contributed by atoms with E-state index in [1.807, 2.05) is 32.8 Å². The minimum atomic E-state index is -4.35. The summed E-state index contributed by atoms with van der Waals surface area (Å²) in [6, 6.07) is 4.90. The summed E-state index contributed by atoms with van der Waals surface area (Å²) in [6.07, 6.45) is -3.61. The van der Waals surface area contributed by atoms with Crippen LogP contribution >= 0.6 is 0 Å². The first-order valence-corrected chi connectivity index (χ1v) is 6.47. The summed E-state index contributed by atoms with van der Waals surface area (Å²) in [4.78, 5) is 1.97. The normalized spacial score (nSPS) is 17.1. The van der Waals surface area contributed by atoms with E-state index in [4.69, 9.17) is 5.84 Å². The number of nitrogens with zero attached hydrogens (tertiary/aromatic N) is 1. The molecule has 1 aromatic rings. The number of hydrogen-bond donors (Lipinski definition) is 2. The molecule has 1 aromatic carbocycles. The van der Waals surface area contributed by atoms with Crippen molar-refractivity contribution in [3.05, 3.63) is 35.4 Å². The van der Waals surface area contributed by atoms with Gasteiger partial charge in [0, 0.05) is 5.54 Å². The Balaban J connectivity index is 3.26. The molecule has 0 fully saturated rings. The molecule has 0 aliphatic carbocycles. The van der Waals surface area contributed by atoms with Crippen LogP contribution < -0.4 is 11.3 Å². The molecule has 0 amide bonds. The van der Waals surface area contributed by atoms with Gasteiger partial charge in [0.05, 0.1) is 11.6 Å². The maximum Gasteiger partial charge on any atom is 0.416 e. The Morgan fingerprint density at radius 3 is 2.30 bits per heavy atom. The summed E-state index contributed by atoms with van der Waals surface area (Å²) in [5.41, 5.74) is 2.14. The van der Waals surface area contributed by atoms with E-state index in [-0.39, 0.29) is 5.54 Å². The molecule has 3 nitrogen and oxygen atoms in total. The molecule has 0 heterocycles. The highest BCUT2D eigenvalue weighted by molar-refractivity contribution is 5.30. The molecular weight excluding hydrogens is 267 g/mol. The van der Waals surface area contributed by atoms with Gasteiger partial charge in [0.2, 0.25) is 0 Å². The molecule has 3 N–H and O–H groups in total. The van der Waals surface area contributed by atoms with Gasteiger partial charge in [-0.3, -0.25) is 11.3 Å². The predicted molar refractivity (Wildman–Crippen MR) is 73.9 cm³/mol. The molecule has 20 heavy (non-hydrogen) atoms. The number of rotatable bonds is 5. The van der Waals surface area contributed by atoms with Crippen molar-refractivity contribution < 1.29 is 13.2 Å². The Morgan fingerprint density at radius 2 is 1.90 bits per heavy atom. The van der Waals surface area contributed by atoms with Gasteiger partial charge in [-0.05, 0) is 45.1 Å². The van der Waals surface area contributed by atoms with Gasteiger partial charge in [0.1, 0.15) is 0 Å². The van der Waals surface area contributed by atoms with E-state index in [2.05, 4.69) is 5.43 Å². The Hall–Kier alpha value is -1.11. The lowest BCUT2D eigenvalue weighted by Crippen LogP contribution is -2.53. The van der Waals surface area contributed by atoms with Crippen LogP contribution in [-0.2, 0) is 6.18 Å². The molecule has 2 atom stereocenters. The zero-order valence-electron chi connectivity index (χ0n) is 12.3. The second-order valence-electron chi connectivity index (χ2n) is 5.33. The van der Waals surface area contributed by atoms with E-state index < -0.39 is 17.8 Å². The van der Waals surface area contributed by atoms with Gasteiger partial charge >= 0.3 is 6.18 Å². The molecule has 0 saturated carbocycles. The van der Waals surface area contributed by atoms with Crippen LogP contribution in [0.1, 0.15) is 37.4 Å². The van der Waals surface area contributed by atoms with E-state index in [1.54, 1.807) is 6.07 Å². The first-order valence-electron chi connectivity index (χ1n) is 6.47. The number of nitrogens with two attached hydrogens (primary N) is 1. The van der Waals surface area contributed by atoms with Crippen molar-refractivity contribution in [2.45, 2.75) is 38.0 Å². The van der Waals surface area contributed by atoms with E-state index in [1.165, 1.54) is 6.07 Å². The molecule has 0 aromatic heterocycles. The summed E-state index contributed by atoms with van der Waals surface area (Å²) < 4.78 is 38.4. The third-order valence-electron chi connectivity index (χ3n) is 4.07. The fourth-order valence-corrected chi connectivity index (χ4v) is 2.31. The first kappa shape index (κ1) is 16.9. The summed E-state index contributed by atoms with van der Waals surface area (Å²) >= 11 is 0. The largest absolute Gasteiger partial charge is 0.416 e. The van der Waals surface area contributed by atoms with E-state index >= 15 is 0 Å². The lowest BCUT2D eigenvalue weighted by atomic mass is 9.83. The monoisotopic (exact) mass is 289 g/mol. The SMILES string of the molecule is CCC(C)(C(NN)c1cccc(C(F)(F)F)c1)N(C)C. The van der Waals surface area contributed by atoms with Crippen LogP contribution in [0.4, 0.5) is 13.2 Å². The molecule has 0 bridgehead atoms. The van der Waals surface area contributed by atoms with Gasteiger partial charge in [-0.1, -0.05) is 19.1 Å². The predicted octanol–water partition coefficient (Wildman–Crippen LogP) is 2.94. The van der Waals surface area contributed by atoms with Crippen molar-refractivity contribution >= 4 is 0 Å². The Kier molecular flexibility index (Phi) is 5.18. The van der Waals surface area contributed by atoms with Crippen LogP contribution in [0.3, 0.4) is 0 Å². The number of nitrogens with one attached hydrogen (secondary N) is 1. The molecule has 0 spiro atoms. The minimum Gasteiger partial charge on any atom is -0.302 e. The topological polar surface area (TPSA) is 41.3 Å². The van der Waals surface area contributed by atoms with Crippen molar-refractivity contribution in [3.63, 3.8) is 0 Å². The minimum absolute atomic E-state index is 0.390. The molecule has 0 radical (unpaired) electrons.